The summed E-state index contributed by atoms with van der Waals surface area (Å²) in [7, 11) is 0. The number of amidine groups is 1. The van der Waals surface area contributed by atoms with Crippen LogP contribution in [0, 0.1) is 11.6 Å². The molecule has 0 amide bonds. The highest BCUT2D eigenvalue weighted by Crippen LogP contribution is 2.22. The minimum absolute atomic E-state index is 0.315. The maximum atomic E-state index is 13.0. The van der Waals surface area contributed by atoms with Crippen LogP contribution in [0.1, 0.15) is 5.56 Å². The van der Waals surface area contributed by atoms with E-state index in [4.69, 9.17) is 16.0 Å². The summed E-state index contributed by atoms with van der Waals surface area (Å²) in [6.45, 7) is 0. The second kappa shape index (κ2) is 3.91. The van der Waals surface area contributed by atoms with Crippen LogP contribution in [0.25, 0.3) is 0 Å². The van der Waals surface area contributed by atoms with E-state index in [9.17, 15) is 8.78 Å². The zero-order valence-electron chi connectivity index (χ0n) is 7.04. The number of halogens is 2. The third-order valence-electron chi connectivity index (χ3n) is 1.66. The molecule has 0 saturated heterocycles. The van der Waals surface area contributed by atoms with E-state index in [1.54, 1.807) is 0 Å². The molecule has 0 spiro atoms. The summed E-state index contributed by atoms with van der Waals surface area (Å²) >= 11 is 0. The SMILES string of the molecule is N/C(Cc1c(O)ccc(F)c1F)=N\O. The molecule has 0 aliphatic heterocycles. The number of phenolic OH excluding ortho intramolecular Hbond substituents is 1. The molecule has 0 atom stereocenters. The Kier molecular flexibility index (Phi) is 2.85. The quantitative estimate of drug-likeness (QED) is 0.289. The maximum Gasteiger partial charge on any atom is 0.166 e. The number of hydrogen-bond acceptors (Lipinski definition) is 3. The van der Waals surface area contributed by atoms with Crippen molar-refractivity contribution >= 4 is 5.84 Å². The Balaban J connectivity index is 3.13. The molecule has 1 aromatic carbocycles. The number of nitrogens with zero attached hydrogens (tertiary/aromatic N) is 1. The Hall–Kier alpha value is -1.85. The average Bonchev–Trinajstić information content (AvgIpc) is 2.18. The van der Waals surface area contributed by atoms with Gasteiger partial charge in [0.25, 0.3) is 0 Å². The van der Waals surface area contributed by atoms with E-state index in [1.165, 1.54) is 0 Å². The molecular formula is C8H8F2N2O2. The number of phenols is 1. The van der Waals surface area contributed by atoms with Gasteiger partial charge < -0.3 is 16.0 Å². The highest BCUT2D eigenvalue weighted by Gasteiger charge is 2.14. The number of benzene rings is 1. The normalized spacial score (nSPS) is 11.7. The summed E-state index contributed by atoms with van der Waals surface area (Å²) in [5, 5.41) is 20.0. The Morgan fingerprint density at radius 2 is 2.07 bits per heavy atom. The van der Waals surface area contributed by atoms with Gasteiger partial charge in [0, 0.05) is 12.0 Å². The smallest absolute Gasteiger partial charge is 0.166 e. The lowest BCUT2D eigenvalue weighted by Crippen LogP contribution is -2.16. The molecule has 0 radical (unpaired) electrons. The van der Waals surface area contributed by atoms with Crippen molar-refractivity contribution in [1.82, 2.24) is 0 Å². The minimum Gasteiger partial charge on any atom is -0.508 e. The van der Waals surface area contributed by atoms with E-state index in [2.05, 4.69) is 5.16 Å². The van der Waals surface area contributed by atoms with Gasteiger partial charge in [-0.1, -0.05) is 5.16 Å². The molecule has 0 fully saturated rings. The van der Waals surface area contributed by atoms with Crippen molar-refractivity contribution in [1.29, 1.82) is 0 Å². The van der Waals surface area contributed by atoms with Crippen LogP contribution in [0.5, 0.6) is 5.75 Å². The van der Waals surface area contributed by atoms with Crippen molar-refractivity contribution in [2.24, 2.45) is 10.9 Å². The summed E-state index contributed by atoms with van der Waals surface area (Å²) in [4.78, 5) is 0. The molecule has 0 unspecified atom stereocenters. The molecule has 0 aliphatic carbocycles. The zero-order chi connectivity index (χ0) is 10.7. The van der Waals surface area contributed by atoms with E-state index in [-0.39, 0.29) is 17.8 Å². The molecule has 4 N–H and O–H groups in total. The van der Waals surface area contributed by atoms with Crippen LogP contribution in [0.4, 0.5) is 8.78 Å². The number of rotatable bonds is 2. The molecule has 76 valence electrons. The van der Waals surface area contributed by atoms with Gasteiger partial charge in [0.05, 0.1) is 0 Å². The third kappa shape index (κ3) is 1.90. The predicted molar refractivity (Wildman–Crippen MR) is 45.1 cm³/mol. The van der Waals surface area contributed by atoms with Crippen LogP contribution in [0.3, 0.4) is 0 Å². The van der Waals surface area contributed by atoms with Crippen LogP contribution >= 0.6 is 0 Å². The van der Waals surface area contributed by atoms with Crippen molar-refractivity contribution in [3.63, 3.8) is 0 Å². The first-order valence-electron chi connectivity index (χ1n) is 3.68. The Morgan fingerprint density at radius 1 is 1.43 bits per heavy atom. The summed E-state index contributed by atoms with van der Waals surface area (Å²) in [6, 6.07) is 1.79. The molecule has 4 nitrogen and oxygen atoms in total. The van der Waals surface area contributed by atoms with Gasteiger partial charge in [-0.3, -0.25) is 0 Å². The molecule has 6 heteroatoms. The zero-order valence-corrected chi connectivity index (χ0v) is 7.04. The van der Waals surface area contributed by atoms with Gasteiger partial charge in [-0.05, 0) is 12.1 Å². The second-order valence-corrected chi connectivity index (χ2v) is 2.63. The molecule has 0 aromatic heterocycles. The van der Waals surface area contributed by atoms with E-state index in [1.807, 2.05) is 0 Å². The van der Waals surface area contributed by atoms with Crippen molar-refractivity contribution in [2.45, 2.75) is 6.42 Å². The second-order valence-electron chi connectivity index (χ2n) is 2.63. The van der Waals surface area contributed by atoms with Gasteiger partial charge in [0.1, 0.15) is 11.6 Å². The van der Waals surface area contributed by atoms with Gasteiger partial charge in [0.15, 0.2) is 11.6 Å². The average molecular weight is 202 g/mol. The van der Waals surface area contributed by atoms with E-state index in [0.29, 0.717) is 0 Å². The molecule has 0 aliphatic rings. The largest absolute Gasteiger partial charge is 0.508 e. The van der Waals surface area contributed by atoms with Gasteiger partial charge >= 0.3 is 0 Å². The highest BCUT2D eigenvalue weighted by atomic mass is 19.2. The molecule has 14 heavy (non-hydrogen) atoms. The van der Waals surface area contributed by atoms with Crippen molar-refractivity contribution < 1.29 is 19.1 Å². The standard InChI is InChI=1S/C8H8F2N2O2/c9-5-1-2-6(13)4(8(5)10)3-7(11)12-14/h1-2,13-14H,3H2,(H2,11,12). The van der Waals surface area contributed by atoms with E-state index >= 15 is 0 Å². The van der Waals surface area contributed by atoms with E-state index < -0.39 is 17.4 Å². The minimum atomic E-state index is -1.20. The van der Waals surface area contributed by atoms with Crippen molar-refractivity contribution in [3.8, 4) is 5.75 Å². The topological polar surface area (TPSA) is 78.8 Å². The lowest BCUT2D eigenvalue weighted by atomic mass is 10.1. The van der Waals surface area contributed by atoms with E-state index in [0.717, 1.165) is 12.1 Å². The Morgan fingerprint density at radius 3 is 2.64 bits per heavy atom. The number of oxime groups is 1. The van der Waals surface area contributed by atoms with Crippen LogP contribution in [0.2, 0.25) is 0 Å². The van der Waals surface area contributed by atoms with Crippen LogP contribution in [-0.2, 0) is 6.42 Å². The van der Waals surface area contributed by atoms with Crippen molar-refractivity contribution in [3.05, 3.63) is 29.3 Å². The van der Waals surface area contributed by atoms with Crippen LogP contribution in [0.15, 0.2) is 17.3 Å². The van der Waals surface area contributed by atoms with Gasteiger partial charge in [-0.2, -0.15) is 0 Å². The molecule has 0 saturated carbocycles. The lowest BCUT2D eigenvalue weighted by molar-refractivity contribution is 0.317. The molecule has 1 rings (SSSR count). The summed E-state index contributed by atoms with van der Waals surface area (Å²) in [6.07, 6.45) is -0.355. The monoisotopic (exact) mass is 202 g/mol. The van der Waals surface area contributed by atoms with Gasteiger partial charge in [-0.25, -0.2) is 8.78 Å². The van der Waals surface area contributed by atoms with Crippen LogP contribution in [-0.4, -0.2) is 16.1 Å². The molecule has 1 aromatic rings. The Bertz CT molecular complexity index is 380. The first-order chi connectivity index (χ1) is 6.56. The highest BCUT2D eigenvalue weighted by molar-refractivity contribution is 5.82. The number of aromatic hydroxyl groups is 1. The Labute approximate surface area is 78.3 Å². The first-order valence-corrected chi connectivity index (χ1v) is 3.68. The summed E-state index contributed by atoms with van der Waals surface area (Å²) in [5.74, 6) is -3.04. The fourth-order valence-corrected chi connectivity index (χ4v) is 0.967. The fourth-order valence-electron chi connectivity index (χ4n) is 0.967. The summed E-state index contributed by atoms with van der Waals surface area (Å²) in [5.41, 5.74) is 4.76. The third-order valence-corrected chi connectivity index (χ3v) is 1.66. The molecular weight excluding hydrogens is 194 g/mol. The maximum absolute atomic E-state index is 13.0. The van der Waals surface area contributed by atoms with Crippen molar-refractivity contribution in [2.75, 3.05) is 0 Å². The lowest BCUT2D eigenvalue weighted by Gasteiger charge is -2.05. The molecule has 0 bridgehead atoms. The number of nitrogens with two attached hydrogens (primary N) is 1. The molecule has 0 heterocycles. The van der Waals surface area contributed by atoms with Crippen LogP contribution < -0.4 is 5.73 Å². The predicted octanol–water partition coefficient (Wildman–Crippen LogP) is 0.959. The fraction of sp³-hybridized carbons (Fsp3) is 0.125. The van der Waals surface area contributed by atoms with Gasteiger partial charge in [0.2, 0.25) is 0 Å². The number of hydrogen-bond donors (Lipinski definition) is 3. The summed E-state index contributed by atoms with van der Waals surface area (Å²) < 4.78 is 25.7. The first kappa shape index (κ1) is 10.2. The van der Waals surface area contributed by atoms with Gasteiger partial charge in [-0.15, -0.1) is 0 Å².